The fraction of sp³-hybridized carbons (Fsp3) is 0.208. The zero-order valence-corrected chi connectivity index (χ0v) is 17.4. The minimum Gasteiger partial charge on any atom is -0.324 e. The maximum atomic E-state index is 13.9. The average molecular weight is 436 g/mol. The average Bonchev–Trinajstić information content (AvgIpc) is 3.24. The van der Waals surface area contributed by atoms with Gasteiger partial charge in [-0.2, -0.15) is 0 Å². The van der Waals surface area contributed by atoms with Gasteiger partial charge in [0, 0.05) is 46.7 Å². The van der Waals surface area contributed by atoms with E-state index in [1.54, 1.807) is 48.7 Å². The number of hydrogen-bond donors (Lipinski definition) is 1. The third kappa shape index (κ3) is 2.90. The molecule has 3 atom stereocenters. The van der Waals surface area contributed by atoms with E-state index in [-0.39, 0.29) is 23.4 Å². The third-order valence-electron chi connectivity index (χ3n) is 6.44. The number of rotatable bonds is 3. The maximum absolute atomic E-state index is 13.9. The molecule has 2 aliphatic rings. The number of amides is 1. The van der Waals surface area contributed by atoms with Gasteiger partial charge in [-0.1, -0.05) is 23.7 Å². The number of ketones is 1. The second-order valence-electron chi connectivity index (χ2n) is 8.03. The number of likely N-dealkylation sites (tertiary alicyclic amines) is 1. The van der Waals surface area contributed by atoms with Crippen LogP contribution in [0.5, 0.6) is 0 Å². The molecule has 5 rings (SSSR count). The summed E-state index contributed by atoms with van der Waals surface area (Å²) in [5, 5.41) is 3.43. The molecule has 3 heterocycles. The molecule has 2 aliphatic heterocycles. The number of anilines is 1. The van der Waals surface area contributed by atoms with Gasteiger partial charge in [-0.25, -0.2) is 4.39 Å². The summed E-state index contributed by atoms with van der Waals surface area (Å²) >= 11 is 6.30. The fourth-order valence-electron chi connectivity index (χ4n) is 5.11. The van der Waals surface area contributed by atoms with Gasteiger partial charge < -0.3 is 5.32 Å². The van der Waals surface area contributed by atoms with Crippen molar-refractivity contribution in [2.75, 3.05) is 18.9 Å². The maximum Gasteiger partial charge on any atom is 0.250 e. The smallest absolute Gasteiger partial charge is 0.250 e. The Hall–Kier alpha value is -3.09. The van der Waals surface area contributed by atoms with Crippen molar-refractivity contribution in [3.05, 3.63) is 94.5 Å². The Morgan fingerprint density at radius 2 is 2.00 bits per heavy atom. The number of halogens is 2. The largest absolute Gasteiger partial charge is 0.324 e. The predicted molar refractivity (Wildman–Crippen MR) is 116 cm³/mol. The van der Waals surface area contributed by atoms with Crippen molar-refractivity contribution in [2.24, 2.45) is 5.92 Å². The molecule has 1 fully saturated rings. The first-order valence-electron chi connectivity index (χ1n) is 9.95. The van der Waals surface area contributed by atoms with E-state index in [1.165, 1.54) is 18.3 Å². The summed E-state index contributed by atoms with van der Waals surface area (Å²) in [6.45, 7) is 0.446. The molecule has 0 unspecified atom stereocenters. The lowest BCUT2D eigenvalue weighted by atomic mass is 9.70. The van der Waals surface area contributed by atoms with Crippen molar-refractivity contribution in [3.8, 4) is 0 Å². The Kier molecular flexibility index (Phi) is 4.64. The number of hydrogen-bond acceptors (Lipinski definition) is 4. The van der Waals surface area contributed by atoms with Crippen LogP contribution in [0.3, 0.4) is 0 Å². The van der Waals surface area contributed by atoms with Crippen LogP contribution in [-0.2, 0) is 10.3 Å². The summed E-state index contributed by atoms with van der Waals surface area (Å²) in [6.07, 6.45) is 3.12. The first kappa shape index (κ1) is 19.8. The Balaban J connectivity index is 1.74. The van der Waals surface area contributed by atoms with E-state index < -0.39 is 11.5 Å². The highest BCUT2D eigenvalue weighted by Gasteiger charge is 2.64. The zero-order valence-electron chi connectivity index (χ0n) is 16.7. The van der Waals surface area contributed by atoms with Crippen molar-refractivity contribution < 1.29 is 14.0 Å². The van der Waals surface area contributed by atoms with E-state index in [9.17, 15) is 14.0 Å². The lowest BCUT2D eigenvalue weighted by Crippen LogP contribution is -2.51. The molecule has 1 amide bonds. The lowest BCUT2D eigenvalue weighted by molar-refractivity contribution is -0.126. The molecule has 5 nitrogen and oxygen atoms in total. The van der Waals surface area contributed by atoms with Gasteiger partial charge in [-0.15, -0.1) is 0 Å². The van der Waals surface area contributed by atoms with Crippen LogP contribution in [0.2, 0.25) is 5.02 Å². The van der Waals surface area contributed by atoms with Gasteiger partial charge in [-0.3, -0.25) is 19.5 Å². The number of Topliss-reactive ketones (excluding diaryl/α,β-unsaturated/α-hetero) is 1. The number of likely N-dealkylation sites (N-methyl/N-ethyl adjacent to an activating group) is 1. The van der Waals surface area contributed by atoms with Crippen LogP contribution in [0.4, 0.5) is 10.1 Å². The molecule has 31 heavy (non-hydrogen) atoms. The number of benzene rings is 2. The lowest BCUT2D eigenvalue weighted by Gasteiger charge is -2.35. The summed E-state index contributed by atoms with van der Waals surface area (Å²) in [5.41, 5.74) is 1.32. The second-order valence-corrected chi connectivity index (χ2v) is 8.47. The number of nitrogens with zero attached hydrogens (tertiary/aromatic N) is 2. The molecule has 3 aromatic rings. The topological polar surface area (TPSA) is 62.3 Å². The van der Waals surface area contributed by atoms with Crippen LogP contribution < -0.4 is 5.32 Å². The van der Waals surface area contributed by atoms with Crippen molar-refractivity contribution in [1.82, 2.24) is 9.88 Å². The van der Waals surface area contributed by atoms with Gasteiger partial charge in [0.25, 0.3) is 0 Å². The van der Waals surface area contributed by atoms with E-state index in [0.717, 1.165) is 5.56 Å². The highest BCUT2D eigenvalue weighted by atomic mass is 35.5. The molecule has 0 bridgehead atoms. The molecule has 1 N–H and O–H groups in total. The number of nitrogens with one attached hydrogen (secondary N) is 1. The Morgan fingerprint density at radius 3 is 2.71 bits per heavy atom. The highest BCUT2D eigenvalue weighted by molar-refractivity contribution is 6.31. The Morgan fingerprint density at radius 1 is 1.23 bits per heavy atom. The molecule has 1 aromatic heterocycles. The number of carbonyl (C=O) groups excluding carboxylic acids is 2. The van der Waals surface area contributed by atoms with Crippen molar-refractivity contribution in [2.45, 2.75) is 11.5 Å². The van der Waals surface area contributed by atoms with E-state index >= 15 is 0 Å². The number of fused-ring (bicyclic) bond motifs is 2. The molecule has 1 saturated heterocycles. The van der Waals surface area contributed by atoms with Gasteiger partial charge in [0.05, 0.1) is 5.92 Å². The quantitative estimate of drug-likeness (QED) is 0.625. The summed E-state index contributed by atoms with van der Waals surface area (Å²) in [7, 11) is 1.84. The van der Waals surface area contributed by atoms with Crippen LogP contribution in [-0.4, -0.2) is 35.2 Å². The normalized spacial score (nSPS) is 24.9. The predicted octanol–water partition coefficient (Wildman–Crippen LogP) is 4.25. The first-order chi connectivity index (χ1) is 14.9. The Labute approximate surface area is 183 Å². The fourth-order valence-corrected chi connectivity index (χ4v) is 5.28. The molecule has 156 valence electrons. The number of carbonyl (C=O) groups is 2. The summed E-state index contributed by atoms with van der Waals surface area (Å²) in [5.74, 6) is -1.87. The molecular formula is C24H19ClFN3O2. The SMILES string of the molecule is CN1C[C@H](c2ccc(F)cc2)[C@H](C(=O)c2cccnc2)[C@]12C(=O)Nc1ccc(Cl)cc12. The summed E-state index contributed by atoms with van der Waals surface area (Å²) in [6, 6.07) is 14.8. The second kappa shape index (κ2) is 7.25. The van der Waals surface area contributed by atoms with Crippen LogP contribution in [0.1, 0.15) is 27.4 Å². The first-order valence-corrected chi connectivity index (χ1v) is 10.3. The van der Waals surface area contributed by atoms with E-state index in [0.29, 0.717) is 28.4 Å². The molecule has 0 aliphatic carbocycles. The number of pyridine rings is 1. The molecule has 0 radical (unpaired) electrons. The molecule has 7 heteroatoms. The minimum atomic E-state index is -1.23. The standard InChI is InChI=1S/C24H19ClFN3O2/c1-29-13-18(14-4-7-17(26)8-5-14)21(22(30)15-3-2-10-27-12-15)24(29)19-11-16(25)6-9-20(19)28-23(24)31/h2-12,18,21H,13H2,1H3,(H,28,31)/t18-,21-,24-/m1/s1. The van der Waals surface area contributed by atoms with Crippen molar-refractivity contribution in [3.63, 3.8) is 0 Å². The van der Waals surface area contributed by atoms with Gasteiger partial charge in [0.1, 0.15) is 11.4 Å². The van der Waals surface area contributed by atoms with Gasteiger partial charge in [0.15, 0.2) is 5.78 Å². The van der Waals surface area contributed by atoms with Crippen LogP contribution in [0.15, 0.2) is 67.0 Å². The van der Waals surface area contributed by atoms with Gasteiger partial charge in [0.2, 0.25) is 5.91 Å². The van der Waals surface area contributed by atoms with E-state index in [2.05, 4.69) is 10.3 Å². The summed E-state index contributed by atoms with van der Waals surface area (Å²) < 4.78 is 13.6. The van der Waals surface area contributed by atoms with Gasteiger partial charge >= 0.3 is 0 Å². The van der Waals surface area contributed by atoms with E-state index in [4.69, 9.17) is 11.6 Å². The van der Waals surface area contributed by atoms with Crippen molar-refractivity contribution >= 4 is 29.0 Å². The molecule has 0 saturated carbocycles. The third-order valence-corrected chi connectivity index (χ3v) is 6.67. The van der Waals surface area contributed by atoms with Gasteiger partial charge in [-0.05, 0) is 55.1 Å². The Bertz CT molecular complexity index is 1190. The highest BCUT2D eigenvalue weighted by Crippen LogP contribution is 2.55. The van der Waals surface area contributed by atoms with Crippen molar-refractivity contribution in [1.29, 1.82) is 0 Å². The monoisotopic (exact) mass is 435 g/mol. The molecule has 2 aromatic carbocycles. The number of aromatic nitrogens is 1. The van der Waals surface area contributed by atoms with Crippen LogP contribution in [0, 0.1) is 11.7 Å². The molecular weight excluding hydrogens is 417 g/mol. The summed E-state index contributed by atoms with van der Waals surface area (Å²) in [4.78, 5) is 33.4. The van der Waals surface area contributed by atoms with E-state index in [1.807, 2.05) is 11.9 Å². The zero-order chi connectivity index (χ0) is 21.8. The van der Waals surface area contributed by atoms with Crippen LogP contribution >= 0.6 is 11.6 Å². The minimum absolute atomic E-state index is 0.185. The molecule has 1 spiro atoms. The van der Waals surface area contributed by atoms with Crippen LogP contribution in [0.25, 0.3) is 0 Å².